The Labute approximate surface area is 44.9 Å². The molecule has 38 valence electrons. The Morgan fingerprint density at radius 1 is 1.50 bits per heavy atom. The summed E-state index contributed by atoms with van der Waals surface area (Å²) in [6.45, 7) is 0.187. The molecular weight excluding hydrogens is 124 g/mol. The van der Waals surface area contributed by atoms with Crippen LogP contribution in [0.2, 0.25) is 0 Å². The van der Waals surface area contributed by atoms with Gasteiger partial charge in [0.05, 0.1) is 0 Å². The molecule has 5 heteroatoms. The summed E-state index contributed by atoms with van der Waals surface area (Å²) in [5, 5.41) is 0. The molecule has 0 atom stereocenters. The number of hydrogen-bond acceptors (Lipinski definition) is 3. The Balaban J connectivity index is 0.000000250. The zero-order valence-corrected chi connectivity index (χ0v) is 4.66. The summed E-state index contributed by atoms with van der Waals surface area (Å²) in [4.78, 5) is 0. The van der Waals surface area contributed by atoms with Crippen LogP contribution in [0.1, 0.15) is 0 Å². The van der Waals surface area contributed by atoms with Crippen LogP contribution in [0.3, 0.4) is 0 Å². The average molecular weight is 128 g/mol. The summed E-state index contributed by atoms with van der Waals surface area (Å²) in [6.07, 6.45) is 0. The highest BCUT2D eigenvalue weighted by Gasteiger charge is 2.09. The molecule has 0 aromatic carbocycles. The van der Waals surface area contributed by atoms with E-state index in [4.69, 9.17) is 0 Å². The predicted molar refractivity (Wildman–Crippen MR) is 25.6 cm³/mol. The van der Waals surface area contributed by atoms with Gasteiger partial charge in [0.1, 0.15) is 0 Å². The molecule has 0 radical (unpaired) electrons. The molecule has 3 nitrogen and oxygen atoms in total. The van der Waals surface area contributed by atoms with Crippen molar-refractivity contribution in [3.05, 3.63) is 0 Å². The first kappa shape index (κ1) is 6.42. The van der Waals surface area contributed by atoms with E-state index in [1.54, 1.807) is 0 Å². The van der Waals surface area contributed by atoms with Crippen molar-refractivity contribution in [1.82, 2.24) is 0 Å². The molecule has 1 aliphatic heterocycles. The Hall–Kier alpha value is 0.420. The second-order valence-corrected chi connectivity index (χ2v) is 1.44. The third-order valence-electron chi connectivity index (χ3n) is 0.289. The molecule has 0 aromatic rings. The maximum atomic E-state index is 9.57. The molecule has 1 heterocycles. The third kappa shape index (κ3) is 1.25. The molecule has 0 amide bonds. The monoisotopic (exact) mass is 128 g/mol. The lowest BCUT2D eigenvalue weighted by Crippen LogP contribution is -2.16. The maximum Gasteiger partial charge on any atom is 0.309 e. The fourth-order valence-corrected chi connectivity index (χ4v) is 0.262. The molecule has 0 aliphatic carbocycles. The molecule has 1 fully saturated rings. The van der Waals surface area contributed by atoms with Gasteiger partial charge in [-0.1, -0.05) is 0 Å². The van der Waals surface area contributed by atoms with E-state index in [1.807, 2.05) is 0 Å². The highest BCUT2D eigenvalue weighted by atomic mass is 32.2. The predicted octanol–water partition coefficient (Wildman–Crippen LogP) is -0.318. The topological polar surface area (TPSA) is 35.5 Å². The van der Waals surface area contributed by atoms with E-state index in [1.165, 1.54) is 0 Å². The fraction of sp³-hybridized carbons (Fsp3) is 1.00. The first-order chi connectivity index (χ1) is 2.39. The van der Waals surface area contributed by atoms with Gasteiger partial charge in [0.15, 0.2) is 6.79 Å². The molecule has 0 N–H and O–H groups in total. The van der Waals surface area contributed by atoms with Crippen LogP contribution in [0.5, 0.6) is 0 Å². The molecule has 6 heavy (non-hydrogen) atoms. The second kappa shape index (κ2) is 2.57. The molecule has 1 rings (SSSR count). The summed E-state index contributed by atoms with van der Waals surface area (Å²) in [7, 11) is 0. The Kier molecular flexibility index (Phi) is 2.75. The van der Waals surface area contributed by atoms with Gasteiger partial charge in [-0.05, 0) is 0 Å². The van der Waals surface area contributed by atoms with Gasteiger partial charge in [0.2, 0.25) is 0 Å². The minimum Gasteiger partial charge on any atom is -0.238 e. The maximum absolute atomic E-state index is 9.57. The van der Waals surface area contributed by atoms with Crippen LogP contribution >= 0.6 is 13.5 Å². The van der Waals surface area contributed by atoms with E-state index in [-0.39, 0.29) is 20.3 Å². The highest BCUT2D eigenvalue weighted by molar-refractivity contribution is 7.76. The van der Waals surface area contributed by atoms with Crippen molar-refractivity contribution < 1.29 is 12.6 Å². The van der Waals surface area contributed by atoms with Crippen molar-refractivity contribution >= 4 is 24.9 Å². The van der Waals surface area contributed by atoms with Crippen LogP contribution < -0.4 is 0 Å². The van der Waals surface area contributed by atoms with Crippen molar-refractivity contribution in [1.29, 1.82) is 0 Å². The third-order valence-corrected chi connectivity index (χ3v) is 0.866. The van der Waals surface area contributed by atoms with Crippen molar-refractivity contribution in [3.8, 4) is 0 Å². The molecule has 1 saturated heterocycles. The van der Waals surface area contributed by atoms with E-state index in [9.17, 15) is 4.21 Å². The molecule has 0 saturated carbocycles. The van der Waals surface area contributed by atoms with Gasteiger partial charge in [-0.2, -0.15) is 17.7 Å². The van der Waals surface area contributed by atoms with Gasteiger partial charge in [0, 0.05) is 0 Å². The van der Waals surface area contributed by atoms with E-state index in [0.717, 1.165) is 0 Å². The summed E-state index contributed by atoms with van der Waals surface area (Å²) in [5.74, 6) is 0. The molecule has 0 aromatic heterocycles. The minimum atomic E-state index is -1.39. The normalized spacial score (nSPS) is 21.3. The van der Waals surface area contributed by atoms with Crippen molar-refractivity contribution in [2.24, 2.45) is 0 Å². The standard InChI is InChI=1S/CH2O3S.H2S/c2-5-3-1-4-5;/h1H2;1H2. The summed E-state index contributed by atoms with van der Waals surface area (Å²) in [5.41, 5.74) is 0. The van der Waals surface area contributed by atoms with E-state index in [0.29, 0.717) is 0 Å². The highest BCUT2D eigenvalue weighted by Crippen LogP contribution is 1.98. The fourth-order valence-electron chi connectivity index (χ4n) is 0.0874. The Morgan fingerprint density at radius 2 is 1.83 bits per heavy atom. The SMILES string of the molecule is O=S1OCO1.S. The second-order valence-electron chi connectivity index (χ2n) is 0.558. The molecule has 0 bridgehead atoms. The largest absolute Gasteiger partial charge is 0.309 e. The Morgan fingerprint density at radius 3 is 1.83 bits per heavy atom. The van der Waals surface area contributed by atoms with Crippen LogP contribution in [0.15, 0.2) is 0 Å². The first-order valence-electron chi connectivity index (χ1n) is 1.08. The average Bonchev–Trinajstić information content (AvgIpc) is 1.30. The lowest BCUT2D eigenvalue weighted by molar-refractivity contribution is 0.0463. The van der Waals surface area contributed by atoms with Gasteiger partial charge in [0.25, 0.3) is 0 Å². The molecular formula is CH4O3S2. The lowest BCUT2D eigenvalue weighted by Gasteiger charge is -2.07. The zero-order valence-electron chi connectivity index (χ0n) is 2.84. The minimum absolute atomic E-state index is 0. The van der Waals surface area contributed by atoms with Crippen LogP contribution in [0, 0.1) is 0 Å². The van der Waals surface area contributed by atoms with Gasteiger partial charge in [-0.15, -0.1) is 0 Å². The molecule has 0 unspecified atom stereocenters. The summed E-state index contributed by atoms with van der Waals surface area (Å²) >= 11 is -1.39. The van der Waals surface area contributed by atoms with Crippen LogP contribution in [-0.4, -0.2) is 11.0 Å². The zero-order chi connectivity index (χ0) is 3.70. The molecule has 1 aliphatic rings. The van der Waals surface area contributed by atoms with Crippen LogP contribution in [0.25, 0.3) is 0 Å². The van der Waals surface area contributed by atoms with Crippen LogP contribution in [-0.2, 0) is 19.7 Å². The summed E-state index contributed by atoms with van der Waals surface area (Å²) < 4.78 is 17.9. The van der Waals surface area contributed by atoms with Crippen molar-refractivity contribution in [2.45, 2.75) is 0 Å². The smallest absolute Gasteiger partial charge is 0.238 e. The Bertz CT molecular complexity index is 55.8. The quantitative estimate of drug-likeness (QED) is 0.448. The van der Waals surface area contributed by atoms with Crippen LogP contribution in [0.4, 0.5) is 0 Å². The lowest BCUT2D eigenvalue weighted by atomic mass is 11.6. The number of hydrogen-bond donors (Lipinski definition) is 0. The van der Waals surface area contributed by atoms with Gasteiger partial charge < -0.3 is 0 Å². The van der Waals surface area contributed by atoms with Gasteiger partial charge in [-0.3, -0.25) is 0 Å². The molecule has 0 spiro atoms. The van der Waals surface area contributed by atoms with E-state index in [2.05, 4.69) is 8.37 Å². The summed E-state index contributed by atoms with van der Waals surface area (Å²) in [6, 6.07) is 0. The van der Waals surface area contributed by atoms with Crippen molar-refractivity contribution in [2.75, 3.05) is 6.79 Å². The van der Waals surface area contributed by atoms with Crippen molar-refractivity contribution in [3.63, 3.8) is 0 Å². The van der Waals surface area contributed by atoms with E-state index >= 15 is 0 Å². The van der Waals surface area contributed by atoms with Gasteiger partial charge >= 0.3 is 11.4 Å². The van der Waals surface area contributed by atoms with E-state index < -0.39 is 11.4 Å². The number of rotatable bonds is 0. The van der Waals surface area contributed by atoms with Gasteiger partial charge in [-0.25, -0.2) is 8.37 Å². The first-order valence-corrected chi connectivity index (χ1v) is 2.08.